The van der Waals surface area contributed by atoms with E-state index in [1.807, 2.05) is 30.3 Å². The highest BCUT2D eigenvalue weighted by Gasteiger charge is 2.18. The maximum absolute atomic E-state index is 11.8. The van der Waals surface area contributed by atoms with Gasteiger partial charge in [0.1, 0.15) is 11.8 Å². The minimum atomic E-state index is -0.339. The molecule has 2 rings (SSSR count). The van der Waals surface area contributed by atoms with Crippen LogP contribution in [0.2, 0.25) is 0 Å². The van der Waals surface area contributed by atoms with Gasteiger partial charge in [0.2, 0.25) is 0 Å². The number of hydrogen-bond acceptors (Lipinski definition) is 5. The molecule has 112 valence electrons. The van der Waals surface area contributed by atoms with E-state index in [9.17, 15) is 4.79 Å². The second-order valence-corrected chi connectivity index (χ2v) is 5.57. The quantitative estimate of drug-likeness (QED) is 0.760. The van der Waals surface area contributed by atoms with E-state index in [0.29, 0.717) is 12.3 Å². The molecule has 0 spiro atoms. The van der Waals surface area contributed by atoms with E-state index in [2.05, 4.69) is 17.4 Å². The van der Waals surface area contributed by atoms with Crippen LogP contribution in [0.15, 0.2) is 53.1 Å². The normalized spacial score (nSPS) is 12.0. The topological polar surface area (TPSA) is 51.5 Å². The first kappa shape index (κ1) is 15.7. The fourth-order valence-corrected chi connectivity index (χ4v) is 2.89. The molecule has 0 bridgehead atoms. The summed E-state index contributed by atoms with van der Waals surface area (Å²) in [7, 11) is 1.41. The van der Waals surface area contributed by atoms with Crippen LogP contribution < -0.4 is 5.32 Å². The summed E-state index contributed by atoms with van der Waals surface area (Å²) in [6.45, 7) is 0.513. The molecule has 1 atom stereocenters. The molecule has 0 unspecified atom stereocenters. The van der Waals surface area contributed by atoms with Gasteiger partial charge in [-0.1, -0.05) is 30.3 Å². The molecule has 4 nitrogen and oxygen atoms in total. The van der Waals surface area contributed by atoms with Gasteiger partial charge in [-0.3, -0.25) is 10.1 Å². The second-order valence-electron chi connectivity index (χ2n) is 4.54. The van der Waals surface area contributed by atoms with Crippen molar-refractivity contribution in [3.63, 3.8) is 0 Å². The average Bonchev–Trinajstić information content (AvgIpc) is 3.04. The lowest BCUT2D eigenvalue weighted by Gasteiger charge is -2.15. The van der Waals surface area contributed by atoms with Crippen LogP contribution in [0.5, 0.6) is 0 Å². The lowest BCUT2D eigenvalue weighted by atomic mass is 10.2. The van der Waals surface area contributed by atoms with Gasteiger partial charge in [0.15, 0.2) is 0 Å². The van der Waals surface area contributed by atoms with Gasteiger partial charge in [-0.2, -0.15) is 11.8 Å². The lowest BCUT2D eigenvalue weighted by molar-refractivity contribution is -0.142. The molecule has 1 aromatic carbocycles. The predicted octanol–water partition coefficient (Wildman–Crippen LogP) is 2.84. The molecule has 1 aromatic heterocycles. The van der Waals surface area contributed by atoms with Crippen molar-refractivity contribution in [1.82, 2.24) is 5.32 Å². The lowest BCUT2D eigenvalue weighted by Crippen LogP contribution is -2.39. The molecule has 0 aliphatic rings. The third kappa shape index (κ3) is 5.28. The van der Waals surface area contributed by atoms with Crippen molar-refractivity contribution < 1.29 is 13.9 Å². The zero-order chi connectivity index (χ0) is 14.9. The Balaban J connectivity index is 1.80. The highest BCUT2D eigenvalue weighted by Crippen LogP contribution is 2.13. The summed E-state index contributed by atoms with van der Waals surface area (Å²) in [6, 6.07) is 13.6. The van der Waals surface area contributed by atoms with E-state index in [0.717, 1.165) is 11.5 Å². The Morgan fingerprint density at radius 1 is 1.29 bits per heavy atom. The van der Waals surface area contributed by atoms with E-state index in [4.69, 9.17) is 9.15 Å². The average molecular weight is 305 g/mol. The summed E-state index contributed by atoms with van der Waals surface area (Å²) in [6.07, 6.45) is 1.62. The van der Waals surface area contributed by atoms with E-state index in [1.165, 1.54) is 12.7 Å². The number of esters is 1. The number of carbonyl (C=O) groups excluding carboxylic acids is 1. The molecule has 0 aliphatic heterocycles. The van der Waals surface area contributed by atoms with E-state index in [1.54, 1.807) is 18.0 Å². The molecule has 0 aliphatic carbocycles. The van der Waals surface area contributed by atoms with Crippen molar-refractivity contribution in [2.24, 2.45) is 0 Å². The number of rotatable bonds is 8. The largest absolute Gasteiger partial charge is 0.468 e. The van der Waals surface area contributed by atoms with Crippen LogP contribution >= 0.6 is 11.8 Å². The summed E-state index contributed by atoms with van der Waals surface area (Å²) < 4.78 is 10.1. The van der Waals surface area contributed by atoms with E-state index < -0.39 is 0 Å². The predicted molar refractivity (Wildman–Crippen MR) is 84.0 cm³/mol. The number of thioether (sulfide) groups is 1. The number of furan rings is 1. The summed E-state index contributed by atoms with van der Waals surface area (Å²) >= 11 is 1.70. The van der Waals surface area contributed by atoms with Crippen LogP contribution in [0.1, 0.15) is 11.3 Å². The van der Waals surface area contributed by atoms with Crippen molar-refractivity contribution in [2.45, 2.75) is 18.3 Å². The van der Waals surface area contributed by atoms with Crippen LogP contribution in [0.25, 0.3) is 0 Å². The Kier molecular flexibility index (Phi) is 6.37. The van der Waals surface area contributed by atoms with Crippen molar-refractivity contribution in [2.75, 3.05) is 12.9 Å². The van der Waals surface area contributed by atoms with Gasteiger partial charge in [-0.05, 0) is 17.7 Å². The number of benzene rings is 1. The molecule has 21 heavy (non-hydrogen) atoms. The summed E-state index contributed by atoms with van der Waals surface area (Å²) in [5, 5.41) is 3.17. The first-order chi connectivity index (χ1) is 10.3. The van der Waals surface area contributed by atoms with Crippen LogP contribution in [0, 0.1) is 0 Å². The summed E-state index contributed by atoms with van der Waals surface area (Å²) in [5.41, 5.74) is 1.25. The fraction of sp³-hybridized carbons (Fsp3) is 0.312. The van der Waals surface area contributed by atoms with Crippen LogP contribution in [-0.2, 0) is 21.8 Å². The monoisotopic (exact) mass is 305 g/mol. The third-order valence-electron chi connectivity index (χ3n) is 2.98. The Labute approximate surface area is 128 Å². The van der Waals surface area contributed by atoms with Gasteiger partial charge in [0, 0.05) is 11.5 Å². The number of ether oxygens (including phenoxy) is 1. The van der Waals surface area contributed by atoms with E-state index in [-0.39, 0.29) is 12.0 Å². The number of carbonyl (C=O) groups is 1. The second kappa shape index (κ2) is 8.54. The van der Waals surface area contributed by atoms with Crippen LogP contribution in [0.4, 0.5) is 0 Å². The van der Waals surface area contributed by atoms with Crippen molar-refractivity contribution in [3.05, 3.63) is 60.1 Å². The fourth-order valence-electron chi connectivity index (χ4n) is 1.86. The molecular weight excluding hydrogens is 286 g/mol. The summed E-state index contributed by atoms with van der Waals surface area (Å²) in [5.74, 6) is 2.08. The van der Waals surface area contributed by atoms with Crippen molar-refractivity contribution in [1.29, 1.82) is 0 Å². The Bertz CT molecular complexity index is 528. The SMILES string of the molecule is COC(=O)[C@@H](CSCc1ccccc1)NCc1ccco1. The number of nitrogens with one attached hydrogen (secondary N) is 1. The minimum Gasteiger partial charge on any atom is -0.468 e. The van der Waals surface area contributed by atoms with Gasteiger partial charge >= 0.3 is 5.97 Å². The first-order valence-corrected chi connectivity index (χ1v) is 7.90. The summed E-state index contributed by atoms with van der Waals surface area (Å²) in [4.78, 5) is 11.8. The molecule has 2 aromatic rings. The number of hydrogen-bond donors (Lipinski definition) is 1. The molecule has 0 saturated carbocycles. The standard InChI is InChI=1S/C16H19NO3S/c1-19-16(18)15(17-10-14-8-5-9-20-14)12-21-11-13-6-3-2-4-7-13/h2-9,15,17H,10-12H2,1H3/t15-/m1/s1. The number of methoxy groups -OCH3 is 1. The molecule has 0 fully saturated rings. The van der Waals surface area contributed by atoms with E-state index >= 15 is 0 Å². The zero-order valence-electron chi connectivity index (χ0n) is 12.0. The van der Waals surface area contributed by atoms with Crippen molar-refractivity contribution in [3.8, 4) is 0 Å². The molecule has 0 saturated heterocycles. The molecule has 1 N–H and O–H groups in total. The maximum atomic E-state index is 11.8. The Morgan fingerprint density at radius 3 is 2.76 bits per heavy atom. The van der Waals surface area contributed by atoms with Gasteiger partial charge in [0.25, 0.3) is 0 Å². The van der Waals surface area contributed by atoms with Crippen LogP contribution in [0.3, 0.4) is 0 Å². The van der Waals surface area contributed by atoms with Crippen molar-refractivity contribution >= 4 is 17.7 Å². The highest BCUT2D eigenvalue weighted by molar-refractivity contribution is 7.98. The molecule has 0 amide bonds. The first-order valence-electron chi connectivity index (χ1n) is 6.75. The zero-order valence-corrected chi connectivity index (χ0v) is 12.8. The van der Waals surface area contributed by atoms with Gasteiger partial charge < -0.3 is 9.15 Å². The van der Waals surface area contributed by atoms with Gasteiger partial charge in [-0.15, -0.1) is 0 Å². The molecular formula is C16H19NO3S. The Hall–Kier alpha value is -1.72. The van der Waals surface area contributed by atoms with Gasteiger partial charge in [0.05, 0.1) is 19.9 Å². The van der Waals surface area contributed by atoms with Crippen LogP contribution in [-0.4, -0.2) is 24.9 Å². The third-order valence-corrected chi connectivity index (χ3v) is 4.09. The Morgan fingerprint density at radius 2 is 2.10 bits per heavy atom. The molecule has 5 heteroatoms. The maximum Gasteiger partial charge on any atom is 0.323 e. The highest BCUT2D eigenvalue weighted by atomic mass is 32.2. The minimum absolute atomic E-state index is 0.248. The smallest absolute Gasteiger partial charge is 0.323 e. The molecule has 1 heterocycles. The molecule has 0 radical (unpaired) electrons. The van der Waals surface area contributed by atoms with Gasteiger partial charge in [-0.25, -0.2) is 0 Å².